The van der Waals surface area contributed by atoms with Crippen molar-refractivity contribution in [1.82, 2.24) is 44.9 Å². The SMILES string of the molecule is CN1CCN(c2ccc3oc(-c4ccnc(C(=O)N5CCN(C(c6ccccc6)c6nnn(C)n6)CC5)c4)nc3c2)C1=O. The summed E-state index contributed by atoms with van der Waals surface area (Å²) in [5.74, 6) is 0.874. The van der Waals surface area contributed by atoms with Crippen LogP contribution in [-0.2, 0) is 7.05 Å². The van der Waals surface area contributed by atoms with Crippen molar-refractivity contribution in [2.45, 2.75) is 6.04 Å². The van der Waals surface area contributed by atoms with Crippen LogP contribution >= 0.6 is 0 Å². The molecule has 218 valence electrons. The van der Waals surface area contributed by atoms with Crippen molar-refractivity contribution >= 4 is 28.7 Å². The first kappa shape index (κ1) is 26.7. The van der Waals surface area contributed by atoms with Crippen molar-refractivity contribution in [3.05, 3.63) is 83.9 Å². The fourth-order valence-corrected chi connectivity index (χ4v) is 5.69. The minimum Gasteiger partial charge on any atom is -0.436 e. The summed E-state index contributed by atoms with van der Waals surface area (Å²) in [6, 6.07) is 18.9. The molecule has 7 rings (SSSR count). The molecule has 5 heterocycles. The Morgan fingerprint density at radius 3 is 2.47 bits per heavy atom. The summed E-state index contributed by atoms with van der Waals surface area (Å²) in [6.45, 7) is 3.66. The Morgan fingerprint density at radius 2 is 1.74 bits per heavy atom. The third-order valence-corrected chi connectivity index (χ3v) is 7.98. The van der Waals surface area contributed by atoms with Crippen LogP contribution in [-0.4, -0.2) is 103 Å². The lowest BCUT2D eigenvalue weighted by atomic mass is 10.0. The molecule has 2 aliphatic heterocycles. The highest BCUT2D eigenvalue weighted by molar-refractivity contribution is 5.96. The molecular formula is C30H30N10O3. The second-order valence-electron chi connectivity index (χ2n) is 10.7. The quantitative estimate of drug-likeness (QED) is 0.299. The molecule has 3 amide bonds. The molecule has 1 unspecified atom stereocenters. The Balaban J connectivity index is 1.07. The number of oxazole rings is 1. The van der Waals surface area contributed by atoms with E-state index in [1.54, 1.807) is 42.2 Å². The lowest BCUT2D eigenvalue weighted by Crippen LogP contribution is -2.50. The van der Waals surface area contributed by atoms with Crippen molar-refractivity contribution in [3.63, 3.8) is 0 Å². The number of urea groups is 1. The summed E-state index contributed by atoms with van der Waals surface area (Å²) in [6.07, 6.45) is 1.60. The van der Waals surface area contributed by atoms with Gasteiger partial charge in [-0.2, -0.15) is 4.80 Å². The number of anilines is 1. The van der Waals surface area contributed by atoms with E-state index in [0.29, 0.717) is 73.3 Å². The standard InChI is InChI=1S/C30H30N10O3/c1-36-12-17-40(30(36)42)22-8-9-25-23(19-22)32-28(43-25)21-10-11-31-24(18-21)29(41)39-15-13-38(14-16-39)26(20-6-4-3-5-7-20)27-33-35-37(2)34-27/h3-11,18-19,26H,12-17H2,1-2H3. The zero-order chi connectivity index (χ0) is 29.5. The number of aromatic nitrogens is 6. The molecule has 2 aromatic carbocycles. The Hall–Kier alpha value is -5.17. The van der Waals surface area contributed by atoms with Crippen molar-refractivity contribution < 1.29 is 14.0 Å². The summed E-state index contributed by atoms with van der Waals surface area (Å²) >= 11 is 0. The number of aryl methyl sites for hydroxylation is 1. The van der Waals surface area contributed by atoms with Gasteiger partial charge in [-0.25, -0.2) is 9.78 Å². The number of hydrogen-bond donors (Lipinski definition) is 0. The number of hydrogen-bond acceptors (Lipinski definition) is 9. The van der Waals surface area contributed by atoms with Crippen LogP contribution in [0.2, 0.25) is 0 Å². The number of piperazine rings is 1. The largest absolute Gasteiger partial charge is 0.436 e. The van der Waals surface area contributed by atoms with Crippen LogP contribution in [0.25, 0.3) is 22.6 Å². The van der Waals surface area contributed by atoms with Crippen LogP contribution in [0, 0.1) is 0 Å². The van der Waals surface area contributed by atoms with Gasteiger partial charge in [-0.05, 0) is 41.1 Å². The van der Waals surface area contributed by atoms with Crippen molar-refractivity contribution in [1.29, 1.82) is 0 Å². The third-order valence-electron chi connectivity index (χ3n) is 7.98. The maximum Gasteiger partial charge on any atom is 0.324 e. The van der Waals surface area contributed by atoms with Gasteiger partial charge >= 0.3 is 6.03 Å². The number of benzene rings is 2. The molecule has 0 spiro atoms. The van der Waals surface area contributed by atoms with E-state index in [1.807, 2.05) is 41.3 Å². The molecule has 2 fully saturated rings. The molecular weight excluding hydrogens is 548 g/mol. The maximum absolute atomic E-state index is 13.5. The van der Waals surface area contributed by atoms with E-state index in [4.69, 9.17) is 4.42 Å². The molecule has 13 heteroatoms. The minimum atomic E-state index is -0.155. The average Bonchev–Trinajstić information content (AvgIpc) is 3.76. The predicted octanol–water partition coefficient (Wildman–Crippen LogP) is 2.83. The highest BCUT2D eigenvalue weighted by atomic mass is 16.3. The summed E-state index contributed by atoms with van der Waals surface area (Å²) in [5.41, 5.74) is 4.08. The van der Waals surface area contributed by atoms with E-state index in [1.165, 1.54) is 4.80 Å². The summed E-state index contributed by atoms with van der Waals surface area (Å²) < 4.78 is 6.02. The number of tetrazole rings is 1. The topological polar surface area (TPSA) is 130 Å². The number of nitrogens with zero attached hydrogens (tertiary/aromatic N) is 10. The lowest BCUT2D eigenvalue weighted by molar-refractivity contribution is 0.0586. The first-order valence-electron chi connectivity index (χ1n) is 14.2. The van der Waals surface area contributed by atoms with Crippen molar-refractivity contribution in [2.75, 3.05) is 51.2 Å². The van der Waals surface area contributed by atoms with Gasteiger partial charge in [0.1, 0.15) is 11.2 Å². The van der Waals surface area contributed by atoms with E-state index in [2.05, 4.69) is 42.4 Å². The number of carbonyl (C=O) groups is 2. The fraction of sp³-hybridized carbons (Fsp3) is 0.300. The molecule has 0 radical (unpaired) electrons. The van der Waals surface area contributed by atoms with Crippen LogP contribution in [0.4, 0.5) is 10.5 Å². The molecule has 2 aliphatic rings. The summed E-state index contributed by atoms with van der Waals surface area (Å²) in [5, 5.41) is 12.8. The Morgan fingerprint density at radius 1 is 0.930 bits per heavy atom. The molecule has 5 aromatic rings. The van der Waals surface area contributed by atoms with Crippen molar-refractivity contribution in [3.8, 4) is 11.5 Å². The zero-order valence-corrected chi connectivity index (χ0v) is 23.9. The minimum absolute atomic E-state index is 0.0396. The molecule has 0 aliphatic carbocycles. The second kappa shape index (κ2) is 10.9. The number of rotatable bonds is 6. The van der Waals surface area contributed by atoms with Crippen LogP contribution in [0.1, 0.15) is 27.9 Å². The lowest BCUT2D eigenvalue weighted by Gasteiger charge is -2.38. The molecule has 3 aromatic heterocycles. The van der Waals surface area contributed by atoms with E-state index in [-0.39, 0.29) is 18.0 Å². The second-order valence-corrected chi connectivity index (χ2v) is 10.7. The summed E-state index contributed by atoms with van der Waals surface area (Å²) in [4.78, 5) is 44.0. The number of fused-ring (bicyclic) bond motifs is 1. The molecule has 0 N–H and O–H groups in total. The number of likely N-dealkylation sites (N-methyl/N-ethyl adjacent to an activating group) is 1. The highest BCUT2D eigenvalue weighted by Gasteiger charge is 2.32. The van der Waals surface area contributed by atoms with Crippen LogP contribution in [0.3, 0.4) is 0 Å². The van der Waals surface area contributed by atoms with Gasteiger partial charge in [-0.15, -0.1) is 10.2 Å². The number of amides is 3. The molecule has 2 saturated heterocycles. The molecule has 13 nitrogen and oxygen atoms in total. The van der Waals surface area contributed by atoms with Crippen molar-refractivity contribution in [2.24, 2.45) is 7.05 Å². The Labute approximate surface area is 247 Å². The van der Waals surface area contributed by atoms with E-state index < -0.39 is 0 Å². The van der Waals surface area contributed by atoms with Gasteiger partial charge in [0.05, 0.1) is 13.1 Å². The van der Waals surface area contributed by atoms with Gasteiger partial charge in [0.15, 0.2) is 11.4 Å². The van der Waals surface area contributed by atoms with Gasteiger partial charge < -0.3 is 14.2 Å². The molecule has 0 bridgehead atoms. The predicted molar refractivity (Wildman–Crippen MR) is 157 cm³/mol. The monoisotopic (exact) mass is 578 g/mol. The highest BCUT2D eigenvalue weighted by Crippen LogP contribution is 2.30. The maximum atomic E-state index is 13.5. The van der Waals surface area contributed by atoms with Gasteiger partial charge in [-0.1, -0.05) is 30.3 Å². The van der Waals surface area contributed by atoms with Crippen LogP contribution in [0.5, 0.6) is 0 Å². The first-order chi connectivity index (χ1) is 20.9. The fourth-order valence-electron chi connectivity index (χ4n) is 5.69. The first-order valence-corrected chi connectivity index (χ1v) is 14.2. The van der Waals surface area contributed by atoms with Gasteiger partial charge in [0.25, 0.3) is 5.91 Å². The average molecular weight is 579 g/mol. The Kier molecular flexibility index (Phi) is 6.78. The summed E-state index contributed by atoms with van der Waals surface area (Å²) in [7, 11) is 3.54. The van der Waals surface area contributed by atoms with Gasteiger partial charge in [0, 0.05) is 63.8 Å². The number of pyridine rings is 1. The van der Waals surface area contributed by atoms with Crippen LogP contribution < -0.4 is 4.90 Å². The van der Waals surface area contributed by atoms with E-state index in [0.717, 1.165) is 11.3 Å². The number of carbonyl (C=O) groups excluding carboxylic acids is 2. The third kappa shape index (κ3) is 5.07. The van der Waals surface area contributed by atoms with E-state index in [9.17, 15) is 9.59 Å². The molecule has 43 heavy (non-hydrogen) atoms. The molecule has 1 atom stereocenters. The zero-order valence-electron chi connectivity index (χ0n) is 23.9. The smallest absolute Gasteiger partial charge is 0.324 e. The molecule has 0 saturated carbocycles. The van der Waals surface area contributed by atoms with Gasteiger partial charge in [0.2, 0.25) is 5.89 Å². The van der Waals surface area contributed by atoms with E-state index >= 15 is 0 Å². The van der Waals surface area contributed by atoms with Crippen LogP contribution in [0.15, 0.2) is 71.3 Å². The normalized spacial score (nSPS) is 16.8. The van der Waals surface area contributed by atoms with Gasteiger partial charge in [-0.3, -0.25) is 19.6 Å². The Bertz CT molecular complexity index is 1790.